The van der Waals surface area contributed by atoms with Crippen molar-refractivity contribution in [2.24, 2.45) is 0 Å². The third-order valence-corrected chi connectivity index (χ3v) is 3.71. The molecule has 3 rings (SSSR count). The van der Waals surface area contributed by atoms with Crippen LogP contribution in [0, 0.1) is 0 Å². The van der Waals surface area contributed by atoms with Crippen LogP contribution in [0.3, 0.4) is 0 Å². The van der Waals surface area contributed by atoms with Crippen LogP contribution < -0.4 is 21.3 Å². The summed E-state index contributed by atoms with van der Waals surface area (Å²) in [6.45, 7) is 1.46. The van der Waals surface area contributed by atoms with Crippen molar-refractivity contribution in [1.82, 2.24) is 5.32 Å². The number of imide groups is 1. The number of anilines is 3. The summed E-state index contributed by atoms with van der Waals surface area (Å²) in [6, 6.07) is 8.08. The Morgan fingerprint density at radius 3 is 2.42 bits per heavy atom. The monoisotopic (exact) mass is 364 g/mol. The third kappa shape index (κ3) is 4.05. The number of rotatable bonds is 2. The molecule has 0 radical (unpaired) electrons. The second-order valence-corrected chi connectivity index (χ2v) is 5.60. The van der Waals surface area contributed by atoms with Crippen LogP contribution in [0.5, 0.6) is 0 Å². The van der Waals surface area contributed by atoms with Crippen LogP contribution in [0.15, 0.2) is 42.5 Å². The van der Waals surface area contributed by atoms with Crippen molar-refractivity contribution in [3.8, 4) is 0 Å². The van der Waals surface area contributed by atoms with Gasteiger partial charge in [0.2, 0.25) is 0 Å². The van der Waals surface area contributed by atoms with Gasteiger partial charge in [-0.15, -0.1) is 0 Å². The largest absolute Gasteiger partial charge is 0.416 e. The van der Waals surface area contributed by atoms with Crippen LogP contribution in [-0.2, 0) is 6.18 Å². The van der Waals surface area contributed by atoms with Gasteiger partial charge in [0.1, 0.15) is 0 Å². The van der Waals surface area contributed by atoms with Crippen LogP contribution in [0.25, 0.3) is 0 Å². The van der Waals surface area contributed by atoms with Crippen molar-refractivity contribution in [2.75, 3.05) is 29.0 Å². The maximum absolute atomic E-state index is 12.7. The maximum Gasteiger partial charge on any atom is 0.416 e. The minimum atomic E-state index is -4.52. The Kier molecular flexibility index (Phi) is 4.70. The highest BCUT2D eigenvalue weighted by molar-refractivity contribution is 6.08. The fourth-order valence-electron chi connectivity index (χ4n) is 2.49. The van der Waals surface area contributed by atoms with Gasteiger partial charge in [-0.3, -0.25) is 10.1 Å². The van der Waals surface area contributed by atoms with Crippen LogP contribution in [-0.4, -0.2) is 25.0 Å². The number of halogens is 3. The van der Waals surface area contributed by atoms with Gasteiger partial charge in [-0.2, -0.15) is 13.2 Å². The average Bonchev–Trinajstić information content (AvgIpc) is 2.60. The van der Waals surface area contributed by atoms with Gasteiger partial charge in [-0.05, 0) is 36.4 Å². The second kappa shape index (κ2) is 6.95. The predicted octanol–water partition coefficient (Wildman–Crippen LogP) is 3.50. The molecule has 6 nitrogen and oxygen atoms in total. The number of fused-ring (bicyclic) bond motifs is 1. The number of carbonyl (C=O) groups excluding carboxylic acids is 2. The van der Waals surface area contributed by atoms with E-state index in [9.17, 15) is 22.8 Å². The molecule has 2 aromatic rings. The van der Waals surface area contributed by atoms with E-state index in [-0.39, 0.29) is 11.3 Å². The quantitative estimate of drug-likeness (QED) is 0.657. The van der Waals surface area contributed by atoms with Crippen molar-refractivity contribution in [3.63, 3.8) is 0 Å². The Hall–Kier alpha value is -3.23. The lowest BCUT2D eigenvalue weighted by Gasteiger charge is -2.20. The summed E-state index contributed by atoms with van der Waals surface area (Å²) in [7, 11) is 0. The first-order chi connectivity index (χ1) is 12.3. The van der Waals surface area contributed by atoms with Crippen LogP contribution >= 0.6 is 0 Å². The first-order valence-corrected chi connectivity index (χ1v) is 7.74. The van der Waals surface area contributed by atoms with E-state index in [1.54, 1.807) is 18.2 Å². The number of hydrogen-bond donors (Lipinski definition) is 4. The maximum atomic E-state index is 12.7. The lowest BCUT2D eigenvalue weighted by molar-refractivity contribution is -0.137. The van der Waals surface area contributed by atoms with Crippen LogP contribution in [0.2, 0.25) is 0 Å². The molecular formula is C17H15F3N4O2. The number of alkyl halides is 3. The van der Waals surface area contributed by atoms with E-state index >= 15 is 0 Å². The lowest BCUT2D eigenvalue weighted by Crippen LogP contribution is -2.34. The van der Waals surface area contributed by atoms with Gasteiger partial charge < -0.3 is 16.0 Å². The van der Waals surface area contributed by atoms with Crippen molar-refractivity contribution in [2.45, 2.75) is 6.18 Å². The number of urea groups is 1. The number of amides is 3. The normalized spacial score (nSPS) is 13.0. The Labute approximate surface area is 146 Å². The molecule has 4 N–H and O–H groups in total. The summed E-state index contributed by atoms with van der Waals surface area (Å²) in [5.41, 5.74) is 0.874. The minimum absolute atomic E-state index is 0.0681. The molecule has 9 heteroatoms. The first kappa shape index (κ1) is 17.6. The molecule has 3 amide bonds. The van der Waals surface area contributed by atoms with Gasteiger partial charge in [0.05, 0.1) is 16.9 Å². The summed E-state index contributed by atoms with van der Waals surface area (Å²) in [5.74, 6) is -0.662. The molecule has 0 saturated carbocycles. The van der Waals surface area contributed by atoms with Gasteiger partial charge in [-0.25, -0.2) is 4.79 Å². The number of nitrogens with one attached hydrogen (secondary N) is 4. The molecule has 0 unspecified atom stereocenters. The molecule has 0 saturated heterocycles. The zero-order chi connectivity index (χ0) is 18.7. The summed E-state index contributed by atoms with van der Waals surface area (Å²) in [5, 5.41) is 10.6. The molecule has 0 spiro atoms. The van der Waals surface area contributed by atoms with E-state index in [1.165, 1.54) is 12.1 Å². The average molecular weight is 364 g/mol. The van der Waals surface area contributed by atoms with E-state index in [4.69, 9.17) is 0 Å². The molecule has 0 atom stereocenters. The van der Waals surface area contributed by atoms with Crippen molar-refractivity contribution >= 4 is 29.0 Å². The van der Waals surface area contributed by atoms with Crippen molar-refractivity contribution < 1.29 is 22.8 Å². The topological polar surface area (TPSA) is 82.3 Å². The molecule has 0 fully saturated rings. The molecule has 0 bridgehead atoms. The van der Waals surface area contributed by atoms with E-state index in [0.717, 1.165) is 30.1 Å². The van der Waals surface area contributed by atoms with E-state index in [0.29, 0.717) is 6.54 Å². The second-order valence-electron chi connectivity index (χ2n) is 5.60. The molecule has 26 heavy (non-hydrogen) atoms. The summed E-state index contributed by atoms with van der Waals surface area (Å²) in [6.07, 6.45) is -4.52. The Morgan fingerprint density at radius 2 is 1.69 bits per heavy atom. The highest BCUT2D eigenvalue weighted by Gasteiger charge is 2.30. The molecular weight excluding hydrogens is 349 g/mol. The molecule has 136 valence electrons. The highest BCUT2D eigenvalue weighted by atomic mass is 19.4. The van der Waals surface area contributed by atoms with Gasteiger partial charge >= 0.3 is 12.2 Å². The molecule has 0 aromatic heterocycles. The standard InChI is InChI=1S/C17H15F3N4O2/c18-17(19,20)11-2-1-3-12(9-11)23-16(26)24-15(25)10-4-5-13-14(8-10)22-7-6-21-13/h1-5,8-9,21-22H,6-7H2,(H2,23,24,25,26). The molecule has 0 aliphatic carbocycles. The SMILES string of the molecule is O=C(NC(=O)c1ccc2c(c1)NCCN2)Nc1cccc(C(F)(F)F)c1. The highest BCUT2D eigenvalue weighted by Crippen LogP contribution is 2.30. The minimum Gasteiger partial charge on any atom is -0.382 e. The van der Waals surface area contributed by atoms with Gasteiger partial charge in [0, 0.05) is 24.3 Å². The van der Waals surface area contributed by atoms with E-state index < -0.39 is 23.7 Å². The molecule has 2 aromatic carbocycles. The van der Waals surface area contributed by atoms with E-state index in [1.807, 2.05) is 0 Å². The van der Waals surface area contributed by atoms with E-state index in [2.05, 4.69) is 21.3 Å². The zero-order valence-electron chi connectivity index (χ0n) is 13.4. The fourth-order valence-corrected chi connectivity index (χ4v) is 2.49. The first-order valence-electron chi connectivity index (χ1n) is 7.74. The Bertz CT molecular complexity index is 852. The van der Waals surface area contributed by atoms with Crippen molar-refractivity contribution in [1.29, 1.82) is 0 Å². The van der Waals surface area contributed by atoms with Crippen molar-refractivity contribution in [3.05, 3.63) is 53.6 Å². The molecule has 1 heterocycles. The molecule has 1 aliphatic heterocycles. The summed E-state index contributed by atoms with van der Waals surface area (Å²) in [4.78, 5) is 24.1. The lowest BCUT2D eigenvalue weighted by atomic mass is 10.1. The van der Waals surface area contributed by atoms with Crippen LogP contribution in [0.4, 0.5) is 35.0 Å². The molecule has 1 aliphatic rings. The smallest absolute Gasteiger partial charge is 0.382 e. The van der Waals surface area contributed by atoms with Crippen LogP contribution in [0.1, 0.15) is 15.9 Å². The number of hydrogen-bond acceptors (Lipinski definition) is 4. The zero-order valence-corrected chi connectivity index (χ0v) is 13.4. The summed E-state index contributed by atoms with van der Waals surface area (Å²) < 4.78 is 38.0. The van der Waals surface area contributed by atoms with Gasteiger partial charge in [0.15, 0.2) is 0 Å². The predicted molar refractivity (Wildman–Crippen MR) is 91.4 cm³/mol. The van der Waals surface area contributed by atoms with Gasteiger partial charge in [0.25, 0.3) is 5.91 Å². The Balaban J connectivity index is 1.66. The third-order valence-electron chi connectivity index (χ3n) is 3.71. The number of carbonyl (C=O) groups is 2. The Morgan fingerprint density at radius 1 is 0.962 bits per heavy atom. The van der Waals surface area contributed by atoms with Gasteiger partial charge in [-0.1, -0.05) is 6.07 Å². The number of benzene rings is 2. The fraction of sp³-hybridized carbons (Fsp3) is 0.176. The summed E-state index contributed by atoms with van der Waals surface area (Å²) >= 11 is 0.